The van der Waals surface area contributed by atoms with Crippen molar-refractivity contribution < 1.29 is 9.59 Å². The van der Waals surface area contributed by atoms with Crippen LogP contribution < -0.4 is 10.2 Å². The molecule has 4 heterocycles. The van der Waals surface area contributed by atoms with Crippen molar-refractivity contribution >= 4 is 29.0 Å². The predicted molar refractivity (Wildman–Crippen MR) is 121 cm³/mol. The number of aryl methyl sites for hydroxylation is 2. The number of para-hydroxylation sites is 2. The molecule has 2 aliphatic heterocycles. The molecule has 0 atom stereocenters. The van der Waals surface area contributed by atoms with Crippen LogP contribution in [0.25, 0.3) is 5.78 Å². The Bertz CT molecular complexity index is 1210. The van der Waals surface area contributed by atoms with Gasteiger partial charge in [0.05, 0.1) is 23.3 Å². The van der Waals surface area contributed by atoms with Crippen molar-refractivity contribution in [3.8, 4) is 0 Å². The molecule has 0 aliphatic carbocycles. The number of amides is 2. The van der Waals surface area contributed by atoms with Crippen LogP contribution in [0.5, 0.6) is 0 Å². The first-order valence-corrected chi connectivity index (χ1v) is 11.0. The van der Waals surface area contributed by atoms with Gasteiger partial charge in [-0.3, -0.25) is 9.59 Å². The number of nitrogens with one attached hydrogen (secondary N) is 1. The van der Waals surface area contributed by atoms with E-state index >= 15 is 0 Å². The molecule has 0 unspecified atom stereocenters. The van der Waals surface area contributed by atoms with Gasteiger partial charge < -0.3 is 15.1 Å². The molecule has 1 aromatic carbocycles. The summed E-state index contributed by atoms with van der Waals surface area (Å²) in [5.41, 5.74) is 3.48. The van der Waals surface area contributed by atoms with E-state index in [1.807, 2.05) is 54.0 Å². The number of aromatic nitrogens is 4. The van der Waals surface area contributed by atoms with Gasteiger partial charge in [0.2, 0.25) is 11.8 Å². The van der Waals surface area contributed by atoms with Gasteiger partial charge in [-0.05, 0) is 44.9 Å². The van der Waals surface area contributed by atoms with Crippen LogP contribution in [-0.4, -0.2) is 61.5 Å². The van der Waals surface area contributed by atoms with E-state index in [-0.39, 0.29) is 23.8 Å². The van der Waals surface area contributed by atoms with E-state index in [1.165, 1.54) is 0 Å². The normalized spacial score (nSPS) is 17.3. The molecular formula is C23H27N7O2. The van der Waals surface area contributed by atoms with Gasteiger partial charge in [0.25, 0.3) is 5.78 Å². The Morgan fingerprint density at radius 1 is 1.12 bits per heavy atom. The van der Waals surface area contributed by atoms with Crippen molar-refractivity contribution in [2.45, 2.75) is 45.6 Å². The molecular weight excluding hydrogens is 406 g/mol. The van der Waals surface area contributed by atoms with Gasteiger partial charge in [-0.1, -0.05) is 12.1 Å². The molecule has 2 aliphatic rings. The summed E-state index contributed by atoms with van der Waals surface area (Å²) in [5, 5.41) is 8.13. The Hall–Kier alpha value is -3.49. The van der Waals surface area contributed by atoms with E-state index in [9.17, 15) is 9.59 Å². The van der Waals surface area contributed by atoms with Crippen LogP contribution in [-0.2, 0) is 16.0 Å². The van der Waals surface area contributed by atoms with Crippen LogP contribution in [0.4, 0.5) is 11.4 Å². The third-order valence-electron chi connectivity index (χ3n) is 6.48. The maximum absolute atomic E-state index is 13.0. The summed E-state index contributed by atoms with van der Waals surface area (Å²) in [4.78, 5) is 37.8. The lowest BCUT2D eigenvalue weighted by molar-refractivity contribution is -0.132. The lowest BCUT2D eigenvalue weighted by Gasteiger charge is -2.48. The van der Waals surface area contributed by atoms with Crippen molar-refractivity contribution in [3.05, 3.63) is 47.5 Å². The Morgan fingerprint density at radius 3 is 2.62 bits per heavy atom. The number of carbonyl (C=O) groups excluding carboxylic acids is 2. The molecule has 9 heteroatoms. The van der Waals surface area contributed by atoms with E-state index < -0.39 is 0 Å². The number of nitrogens with zero attached hydrogens (tertiary/aromatic N) is 6. The predicted octanol–water partition coefficient (Wildman–Crippen LogP) is 2.12. The number of hydrogen-bond donors (Lipinski definition) is 1. The monoisotopic (exact) mass is 433 g/mol. The number of likely N-dealkylation sites (tertiary alicyclic amines) is 1. The Balaban J connectivity index is 1.28. The molecule has 9 nitrogen and oxygen atoms in total. The summed E-state index contributed by atoms with van der Waals surface area (Å²) in [6, 6.07) is 9.84. The maximum Gasteiger partial charge on any atom is 0.252 e. The molecule has 3 aromatic rings. The average molecular weight is 434 g/mol. The van der Waals surface area contributed by atoms with E-state index in [0.29, 0.717) is 31.2 Å². The van der Waals surface area contributed by atoms with Gasteiger partial charge in [-0.2, -0.15) is 4.98 Å². The highest BCUT2D eigenvalue weighted by atomic mass is 16.2. The number of benzene rings is 1. The molecule has 0 bridgehead atoms. The summed E-state index contributed by atoms with van der Waals surface area (Å²) in [6.45, 7) is 7.34. The molecule has 0 radical (unpaired) electrons. The quantitative estimate of drug-likeness (QED) is 0.665. The molecule has 5 rings (SSSR count). The number of piperidine rings is 1. The van der Waals surface area contributed by atoms with Crippen LogP contribution in [0.1, 0.15) is 37.0 Å². The first-order valence-electron chi connectivity index (χ1n) is 11.0. The fourth-order valence-electron chi connectivity index (χ4n) is 4.81. The summed E-state index contributed by atoms with van der Waals surface area (Å²) < 4.78 is 1.68. The minimum absolute atomic E-state index is 0.0183. The van der Waals surface area contributed by atoms with E-state index in [1.54, 1.807) is 11.4 Å². The summed E-state index contributed by atoms with van der Waals surface area (Å²) in [7, 11) is 0. The molecule has 1 N–H and O–H groups in total. The maximum atomic E-state index is 13.0. The van der Waals surface area contributed by atoms with Gasteiger partial charge in [0.1, 0.15) is 0 Å². The molecule has 1 spiro atoms. The number of hydrogen-bond acceptors (Lipinski definition) is 6. The third-order valence-corrected chi connectivity index (χ3v) is 6.48. The first-order chi connectivity index (χ1) is 15.3. The van der Waals surface area contributed by atoms with Crippen LogP contribution >= 0.6 is 0 Å². The second kappa shape index (κ2) is 7.58. The zero-order valence-corrected chi connectivity index (χ0v) is 18.6. The number of rotatable bonds is 2. The zero-order valence-electron chi connectivity index (χ0n) is 18.6. The van der Waals surface area contributed by atoms with E-state index in [2.05, 4.69) is 20.4 Å². The van der Waals surface area contributed by atoms with Crippen LogP contribution in [0, 0.1) is 13.8 Å². The molecule has 0 saturated carbocycles. The molecule has 1 fully saturated rings. The SMILES string of the molecule is CC(=O)N1CC2(CCN(C(=O)Cc3nc4nc(C)cc(C)n4n3)CC2)Nc2ccccc21. The highest BCUT2D eigenvalue weighted by Crippen LogP contribution is 2.39. The fourth-order valence-corrected chi connectivity index (χ4v) is 4.81. The van der Waals surface area contributed by atoms with Crippen LogP contribution in [0.3, 0.4) is 0 Å². The Kier molecular flexibility index (Phi) is 4.83. The van der Waals surface area contributed by atoms with Crippen molar-refractivity contribution in [1.82, 2.24) is 24.5 Å². The molecule has 2 aromatic heterocycles. The van der Waals surface area contributed by atoms with Gasteiger partial charge >= 0.3 is 0 Å². The number of fused-ring (bicyclic) bond motifs is 2. The topological polar surface area (TPSA) is 95.7 Å². The third kappa shape index (κ3) is 3.57. The number of anilines is 2. The van der Waals surface area contributed by atoms with Crippen LogP contribution in [0.2, 0.25) is 0 Å². The second-order valence-electron chi connectivity index (χ2n) is 8.86. The van der Waals surface area contributed by atoms with Gasteiger partial charge in [-0.25, -0.2) is 9.50 Å². The van der Waals surface area contributed by atoms with Crippen LogP contribution in [0.15, 0.2) is 30.3 Å². The first kappa shape index (κ1) is 20.4. The zero-order chi connectivity index (χ0) is 22.5. The van der Waals surface area contributed by atoms with Crippen molar-refractivity contribution in [3.63, 3.8) is 0 Å². The summed E-state index contributed by atoms with van der Waals surface area (Å²) >= 11 is 0. The second-order valence-corrected chi connectivity index (χ2v) is 8.86. The molecule has 1 saturated heterocycles. The minimum Gasteiger partial charge on any atom is -0.376 e. The lowest BCUT2D eigenvalue weighted by Crippen LogP contribution is -2.59. The minimum atomic E-state index is -0.225. The largest absolute Gasteiger partial charge is 0.376 e. The van der Waals surface area contributed by atoms with Crippen molar-refractivity contribution in [1.29, 1.82) is 0 Å². The summed E-state index contributed by atoms with van der Waals surface area (Å²) in [5.74, 6) is 1.07. The summed E-state index contributed by atoms with van der Waals surface area (Å²) in [6.07, 6.45) is 1.70. The highest BCUT2D eigenvalue weighted by Gasteiger charge is 2.42. The number of carbonyl (C=O) groups is 2. The molecule has 166 valence electrons. The standard InChI is InChI=1S/C23H27N7O2/c1-15-12-16(2)30-22(24-15)25-20(27-30)13-21(32)28-10-8-23(9-11-28)14-29(17(3)31)19-7-5-4-6-18(19)26-23/h4-7,12,26H,8-11,13-14H2,1-3H3. The highest BCUT2D eigenvalue weighted by molar-refractivity contribution is 5.96. The van der Waals surface area contributed by atoms with Crippen molar-refractivity contribution in [2.75, 3.05) is 29.9 Å². The van der Waals surface area contributed by atoms with Gasteiger partial charge in [-0.15, -0.1) is 5.10 Å². The smallest absolute Gasteiger partial charge is 0.252 e. The van der Waals surface area contributed by atoms with Gasteiger partial charge in [0, 0.05) is 37.9 Å². The Morgan fingerprint density at radius 2 is 1.88 bits per heavy atom. The van der Waals surface area contributed by atoms with E-state index in [4.69, 9.17) is 0 Å². The average Bonchev–Trinajstić information content (AvgIpc) is 3.16. The lowest BCUT2D eigenvalue weighted by atomic mass is 9.84. The molecule has 32 heavy (non-hydrogen) atoms. The van der Waals surface area contributed by atoms with E-state index in [0.717, 1.165) is 35.6 Å². The van der Waals surface area contributed by atoms with Crippen molar-refractivity contribution in [2.24, 2.45) is 0 Å². The molecule has 2 amide bonds. The van der Waals surface area contributed by atoms with Gasteiger partial charge in [0.15, 0.2) is 5.82 Å². The fraction of sp³-hybridized carbons (Fsp3) is 0.435. The Labute approximate surface area is 186 Å².